The molecule has 2 amide bonds. The number of nitrogens with zero attached hydrogens (tertiary/aromatic N) is 1. The molecule has 1 aromatic rings. The third-order valence-corrected chi connectivity index (χ3v) is 1.98. The number of carbonyl (C=O) groups excluding carboxylic acids is 2. The van der Waals surface area contributed by atoms with Gasteiger partial charge in [-0.3, -0.25) is 20.0 Å². The lowest BCUT2D eigenvalue weighted by molar-refractivity contribution is -0.125. The number of pyridine rings is 1. The fourth-order valence-electron chi connectivity index (χ4n) is 1.21. The van der Waals surface area contributed by atoms with E-state index in [1.54, 1.807) is 6.20 Å². The number of hydrogen-bond acceptors (Lipinski definition) is 4. The minimum absolute atomic E-state index is 0.0301. The van der Waals surface area contributed by atoms with Gasteiger partial charge in [-0.05, 0) is 24.6 Å². The van der Waals surface area contributed by atoms with Crippen molar-refractivity contribution in [3.63, 3.8) is 0 Å². The number of hydrogen-bond donors (Lipinski definition) is 3. The maximum Gasteiger partial charge on any atom is 0.253 e. The highest BCUT2D eigenvalue weighted by atomic mass is 16.2. The first-order valence-corrected chi connectivity index (χ1v) is 5.25. The summed E-state index contributed by atoms with van der Waals surface area (Å²) in [5, 5.41) is 2.40. The Labute approximate surface area is 99.8 Å². The lowest BCUT2D eigenvalue weighted by Crippen LogP contribution is -2.43. The lowest BCUT2D eigenvalue weighted by Gasteiger charge is -2.07. The Hall–Kier alpha value is -1.95. The Morgan fingerprint density at radius 3 is 2.82 bits per heavy atom. The number of nitrogens with one attached hydrogen (secondary N) is 3. The summed E-state index contributed by atoms with van der Waals surface area (Å²) in [5.74, 6) is -0.518. The second-order valence-corrected chi connectivity index (χ2v) is 3.62. The molecule has 1 heterocycles. The van der Waals surface area contributed by atoms with Crippen molar-refractivity contribution in [2.75, 3.05) is 6.54 Å². The summed E-state index contributed by atoms with van der Waals surface area (Å²) in [5.41, 5.74) is 7.21. The van der Waals surface area contributed by atoms with E-state index in [1.165, 1.54) is 6.92 Å². The van der Waals surface area contributed by atoms with Crippen molar-refractivity contribution in [3.8, 4) is 0 Å². The van der Waals surface area contributed by atoms with Crippen molar-refractivity contribution in [2.45, 2.75) is 20.4 Å². The molecule has 0 aliphatic rings. The highest BCUT2D eigenvalue weighted by molar-refractivity contribution is 5.83. The molecule has 0 bridgehead atoms. The molecule has 0 fully saturated rings. The first kappa shape index (κ1) is 13.1. The number of aryl methyl sites for hydroxylation is 1. The van der Waals surface area contributed by atoms with Crippen LogP contribution in [0.4, 0.5) is 0 Å². The summed E-state index contributed by atoms with van der Waals surface area (Å²) in [6.07, 6.45) is 1.71. The maximum atomic E-state index is 11.2. The molecule has 17 heavy (non-hydrogen) atoms. The summed E-state index contributed by atoms with van der Waals surface area (Å²) >= 11 is 0. The third-order valence-electron chi connectivity index (χ3n) is 1.98. The zero-order chi connectivity index (χ0) is 12.7. The predicted octanol–water partition coefficient (Wildman–Crippen LogP) is -0.353. The summed E-state index contributed by atoms with van der Waals surface area (Å²) in [4.78, 5) is 25.8. The van der Waals surface area contributed by atoms with Crippen molar-refractivity contribution in [3.05, 3.63) is 29.6 Å². The topological polar surface area (TPSA) is 83.1 Å². The van der Waals surface area contributed by atoms with E-state index in [2.05, 4.69) is 21.2 Å². The van der Waals surface area contributed by atoms with Crippen LogP contribution in [0.15, 0.2) is 18.3 Å². The van der Waals surface area contributed by atoms with Gasteiger partial charge in [0, 0.05) is 25.4 Å². The Bertz CT molecular complexity index is 406. The van der Waals surface area contributed by atoms with Gasteiger partial charge in [0.15, 0.2) is 0 Å². The van der Waals surface area contributed by atoms with E-state index in [0.29, 0.717) is 6.54 Å². The van der Waals surface area contributed by atoms with Crippen molar-refractivity contribution >= 4 is 11.8 Å². The normalized spacial score (nSPS) is 9.76. The van der Waals surface area contributed by atoms with E-state index in [4.69, 9.17) is 0 Å². The molecule has 0 saturated carbocycles. The van der Waals surface area contributed by atoms with Crippen LogP contribution in [0.1, 0.15) is 18.2 Å². The minimum Gasteiger partial charge on any atom is -0.347 e. The number of rotatable bonds is 5. The summed E-state index contributed by atoms with van der Waals surface area (Å²) in [6, 6.07) is 3.78. The van der Waals surface area contributed by atoms with Crippen LogP contribution < -0.4 is 16.2 Å². The summed E-state index contributed by atoms with van der Waals surface area (Å²) in [7, 11) is 0. The molecule has 1 aromatic heterocycles. The smallest absolute Gasteiger partial charge is 0.253 e. The van der Waals surface area contributed by atoms with E-state index >= 15 is 0 Å². The molecule has 0 aliphatic carbocycles. The predicted molar refractivity (Wildman–Crippen MR) is 62.6 cm³/mol. The number of hydrazine groups is 1. The van der Waals surface area contributed by atoms with Crippen molar-refractivity contribution in [1.82, 2.24) is 21.2 Å². The monoisotopic (exact) mass is 236 g/mol. The van der Waals surface area contributed by atoms with Gasteiger partial charge in [0.25, 0.3) is 5.91 Å². The van der Waals surface area contributed by atoms with Gasteiger partial charge in [-0.25, -0.2) is 5.43 Å². The maximum absolute atomic E-state index is 11.2. The molecule has 0 saturated heterocycles. The van der Waals surface area contributed by atoms with E-state index in [1.807, 2.05) is 19.1 Å². The molecule has 0 radical (unpaired) electrons. The van der Waals surface area contributed by atoms with Crippen LogP contribution in [0, 0.1) is 6.92 Å². The van der Waals surface area contributed by atoms with Crippen molar-refractivity contribution in [2.24, 2.45) is 0 Å². The number of carbonyl (C=O) groups is 2. The zero-order valence-corrected chi connectivity index (χ0v) is 9.91. The highest BCUT2D eigenvalue weighted by Gasteiger charge is 2.00. The summed E-state index contributed by atoms with van der Waals surface area (Å²) in [6.45, 7) is 3.74. The van der Waals surface area contributed by atoms with Crippen LogP contribution >= 0.6 is 0 Å². The first-order valence-electron chi connectivity index (χ1n) is 5.25. The molecule has 0 aromatic carbocycles. The Morgan fingerprint density at radius 2 is 2.18 bits per heavy atom. The van der Waals surface area contributed by atoms with Crippen LogP contribution in [0.3, 0.4) is 0 Å². The van der Waals surface area contributed by atoms with Gasteiger partial charge in [0.05, 0.1) is 6.54 Å². The summed E-state index contributed by atoms with van der Waals surface area (Å²) < 4.78 is 0. The van der Waals surface area contributed by atoms with Crippen LogP contribution in [0.25, 0.3) is 0 Å². The molecule has 0 atom stereocenters. The van der Waals surface area contributed by atoms with Crippen LogP contribution in [0.5, 0.6) is 0 Å². The Morgan fingerprint density at radius 1 is 1.41 bits per heavy atom. The molecule has 1 rings (SSSR count). The molecule has 6 heteroatoms. The molecule has 0 unspecified atom stereocenters. The molecular formula is C11H16N4O2. The molecule has 6 nitrogen and oxygen atoms in total. The molecule has 0 aliphatic heterocycles. The van der Waals surface area contributed by atoms with Gasteiger partial charge in [0.2, 0.25) is 5.91 Å². The standard InChI is InChI=1S/C11H16N4O2/c1-8-5-10(3-4-12-8)6-14-15-11(17)7-13-9(2)16/h3-5,14H,6-7H2,1-2H3,(H,13,16)(H,15,17). The SMILES string of the molecule is CC(=O)NCC(=O)NNCc1ccnc(C)c1. The zero-order valence-electron chi connectivity index (χ0n) is 9.91. The molecular weight excluding hydrogens is 220 g/mol. The lowest BCUT2D eigenvalue weighted by atomic mass is 10.2. The van der Waals surface area contributed by atoms with E-state index in [-0.39, 0.29) is 18.4 Å². The molecule has 0 spiro atoms. The Kier molecular flexibility index (Phi) is 5.09. The van der Waals surface area contributed by atoms with Crippen molar-refractivity contribution < 1.29 is 9.59 Å². The van der Waals surface area contributed by atoms with E-state index < -0.39 is 0 Å². The quantitative estimate of drug-likeness (QED) is 0.610. The van der Waals surface area contributed by atoms with Gasteiger partial charge in [-0.1, -0.05) is 0 Å². The number of amides is 2. The van der Waals surface area contributed by atoms with Crippen molar-refractivity contribution in [1.29, 1.82) is 0 Å². The second-order valence-electron chi connectivity index (χ2n) is 3.62. The largest absolute Gasteiger partial charge is 0.347 e. The van der Waals surface area contributed by atoms with Gasteiger partial charge < -0.3 is 5.32 Å². The number of aromatic nitrogens is 1. The molecule has 92 valence electrons. The fourth-order valence-corrected chi connectivity index (χ4v) is 1.21. The fraction of sp³-hybridized carbons (Fsp3) is 0.364. The molecule has 3 N–H and O–H groups in total. The first-order chi connectivity index (χ1) is 8.08. The van der Waals surface area contributed by atoms with Crippen LogP contribution in [-0.2, 0) is 16.1 Å². The third kappa shape index (κ3) is 5.62. The van der Waals surface area contributed by atoms with E-state index in [9.17, 15) is 9.59 Å². The van der Waals surface area contributed by atoms with Gasteiger partial charge in [-0.2, -0.15) is 0 Å². The van der Waals surface area contributed by atoms with Crippen LogP contribution in [-0.4, -0.2) is 23.3 Å². The Balaban J connectivity index is 2.23. The minimum atomic E-state index is -0.286. The van der Waals surface area contributed by atoms with Gasteiger partial charge >= 0.3 is 0 Å². The second kappa shape index (κ2) is 6.59. The average molecular weight is 236 g/mol. The highest BCUT2D eigenvalue weighted by Crippen LogP contribution is 1.98. The van der Waals surface area contributed by atoms with E-state index in [0.717, 1.165) is 11.3 Å². The van der Waals surface area contributed by atoms with Gasteiger partial charge in [0.1, 0.15) is 0 Å². The van der Waals surface area contributed by atoms with Gasteiger partial charge in [-0.15, -0.1) is 0 Å². The van der Waals surface area contributed by atoms with Crippen LogP contribution in [0.2, 0.25) is 0 Å². The average Bonchev–Trinajstić information content (AvgIpc) is 2.26.